The lowest BCUT2D eigenvalue weighted by Gasteiger charge is -2.15. The standard InChI is InChI=1S/C28H29N9O2/c1-4-6-11-25-23(27(38)37(18(3)32-25)28-30-16-20(17-31-28)39-5-2)14-19-12-13-24(29-15-19)21-9-7-8-10-22(21)26-33-35-36-34-26/h7-10,12-13,15-17H,4-6,11,14H2,1-3H3,(H,33,34,35,36). The first kappa shape index (κ1) is 25.8. The molecule has 198 valence electrons. The fraction of sp³-hybridized carbons (Fsp3) is 0.286. The molecule has 5 aromatic rings. The van der Waals surface area contributed by atoms with Crippen LogP contribution in [0.4, 0.5) is 0 Å². The first-order valence-electron chi connectivity index (χ1n) is 12.9. The van der Waals surface area contributed by atoms with Crippen molar-refractivity contribution in [3.05, 3.63) is 88.0 Å². The van der Waals surface area contributed by atoms with Crippen LogP contribution in [0, 0.1) is 6.92 Å². The van der Waals surface area contributed by atoms with Gasteiger partial charge in [0.25, 0.3) is 5.56 Å². The summed E-state index contributed by atoms with van der Waals surface area (Å²) in [7, 11) is 0. The fourth-order valence-corrected chi connectivity index (χ4v) is 4.42. The zero-order valence-electron chi connectivity index (χ0n) is 22.1. The molecule has 0 atom stereocenters. The maximum Gasteiger partial charge on any atom is 0.264 e. The third kappa shape index (κ3) is 5.57. The Kier molecular flexibility index (Phi) is 7.76. The molecule has 1 aromatic carbocycles. The van der Waals surface area contributed by atoms with E-state index >= 15 is 0 Å². The number of nitrogens with zero attached hydrogens (tertiary/aromatic N) is 8. The minimum Gasteiger partial charge on any atom is -0.491 e. The zero-order chi connectivity index (χ0) is 27.2. The Morgan fingerprint density at radius 1 is 0.974 bits per heavy atom. The lowest BCUT2D eigenvalue weighted by atomic mass is 10.0. The van der Waals surface area contributed by atoms with Crippen molar-refractivity contribution in [3.8, 4) is 34.3 Å². The molecule has 0 spiro atoms. The Bertz CT molecular complexity index is 1600. The van der Waals surface area contributed by atoms with Gasteiger partial charge in [0.1, 0.15) is 5.82 Å². The van der Waals surface area contributed by atoms with Gasteiger partial charge in [-0.05, 0) is 43.5 Å². The van der Waals surface area contributed by atoms with Crippen LogP contribution in [0.15, 0.2) is 59.8 Å². The summed E-state index contributed by atoms with van der Waals surface area (Å²) >= 11 is 0. The van der Waals surface area contributed by atoms with Gasteiger partial charge in [0.05, 0.1) is 30.4 Å². The number of benzene rings is 1. The molecular weight excluding hydrogens is 494 g/mol. The average molecular weight is 524 g/mol. The molecule has 39 heavy (non-hydrogen) atoms. The molecule has 4 aromatic heterocycles. The quantitative estimate of drug-likeness (QED) is 0.289. The molecule has 11 nitrogen and oxygen atoms in total. The fourth-order valence-electron chi connectivity index (χ4n) is 4.42. The largest absolute Gasteiger partial charge is 0.491 e. The highest BCUT2D eigenvalue weighted by atomic mass is 16.5. The second-order valence-electron chi connectivity index (χ2n) is 8.99. The third-order valence-electron chi connectivity index (χ3n) is 6.32. The summed E-state index contributed by atoms with van der Waals surface area (Å²) in [6, 6.07) is 11.7. The van der Waals surface area contributed by atoms with Crippen LogP contribution in [0.25, 0.3) is 28.6 Å². The second kappa shape index (κ2) is 11.7. The van der Waals surface area contributed by atoms with E-state index in [0.29, 0.717) is 36.0 Å². The van der Waals surface area contributed by atoms with E-state index in [1.807, 2.05) is 43.3 Å². The number of aromatic nitrogens is 9. The maximum atomic E-state index is 13.8. The number of unbranched alkanes of at least 4 members (excludes halogenated alkanes) is 1. The summed E-state index contributed by atoms with van der Waals surface area (Å²) in [4.78, 5) is 32.1. The predicted octanol–water partition coefficient (Wildman–Crippen LogP) is 3.91. The van der Waals surface area contributed by atoms with Gasteiger partial charge in [0.15, 0.2) is 5.75 Å². The van der Waals surface area contributed by atoms with Crippen molar-refractivity contribution in [1.82, 2.24) is 45.1 Å². The number of H-pyrrole nitrogens is 1. The second-order valence-corrected chi connectivity index (χ2v) is 8.99. The van der Waals surface area contributed by atoms with Gasteiger partial charge in [-0.2, -0.15) is 5.21 Å². The van der Waals surface area contributed by atoms with E-state index in [4.69, 9.17) is 14.7 Å². The Hall–Kier alpha value is -4.80. The molecule has 0 aliphatic rings. The van der Waals surface area contributed by atoms with Crippen molar-refractivity contribution < 1.29 is 4.74 Å². The predicted molar refractivity (Wildman–Crippen MR) is 146 cm³/mol. The van der Waals surface area contributed by atoms with Crippen molar-refractivity contribution in [1.29, 1.82) is 0 Å². The van der Waals surface area contributed by atoms with Crippen LogP contribution in [0.2, 0.25) is 0 Å². The highest BCUT2D eigenvalue weighted by Gasteiger charge is 2.18. The SMILES string of the molecule is CCCCc1nc(C)n(-c2ncc(OCC)cn2)c(=O)c1Cc1ccc(-c2ccccc2-c2nn[nH]n2)nc1. The summed E-state index contributed by atoms with van der Waals surface area (Å²) in [5.41, 5.74) is 4.63. The number of aromatic amines is 1. The van der Waals surface area contributed by atoms with Crippen LogP contribution in [0.1, 0.15) is 49.3 Å². The van der Waals surface area contributed by atoms with Crippen molar-refractivity contribution in [2.45, 2.75) is 46.5 Å². The van der Waals surface area contributed by atoms with Crippen LogP contribution < -0.4 is 10.3 Å². The summed E-state index contributed by atoms with van der Waals surface area (Å²) in [6.45, 7) is 6.32. The molecule has 0 amide bonds. The number of hydrogen-bond donors (Lipinski definition) is 1. The van der Waals surface area contributed by atoms with E-state index in [-0.39, 0.29) is 11.5 Å². The van der Waals surface area contributed by atoms with Crippen molar-refractivity contribution >= 4 is 0 Å². The van der Waals surface area contributed by atoms with Crippen molar-refractivity contribution in [2.75, 3.05) is 6.61 Å². The summed E-state index contributed by atoms with van der Waals surface area (Å²) in [5.74, 6) is 1.86. The molecule has 0 bridgehead atoms. The van der Waals surface area contributed by atoms with E-state index < -0.39 is 0 Å². The zero-order valence-corrected chi connectivity index (χ0v) is 22.1. The smallest absolute Gasteiger partial charge is 0.264 e. The Morgan fingerprint density at radius 2 is 1.77 bits per heavy atom. The van der Waals surface area contributed by atoms with Crippen LogP contribution >= 0.6 is 0 Å². The molecule has 0 saturated heterocycles. The third-order valence-corrected chi connectivity index (χ3v) is 6.32. The molecule has 0 saturated carbocycles. The number of ether oxygens (including phenoxy) is 1. The van der Waals surface area contributed by atoms with E-state index in [9.17, 15) is 4.79 Å². The van der Waals surface area contributed by atoms with Crippen molar-refractivity contribution in [2.24, 2.45) is 0 Å². The number of nitrogens with one attached hydrogen (secondary N) is 1. The molecule has 11 heteroatoms. The van der Waals surface area contributed by atoms with Gasteiger partial charge in [-0.3, -0.25) is 9.78 Å². The van der Waals surface area contributed by atoms with E-state index in [2.05, 4.69) is 37.5 Å². The number of tetrazole rings is 1. The molecule has 0 fully saturated rings. The summed E-state index contributed by atoms with van der Waals surface area (Å²) in [6.07, 6.45) is 7.98. The van der Waals surface area contributed by atoms with Crippen LogP contribution in [0.5, 0.6) is 5.75 Å². The number of hydrogen-bond acceptors (Lipinski definition) is 9. The van der Waals surface area contributed by atoms with Crippen LogP contribution in [-0.2, 0) is 12.8 Å². The first-order valence-corrected chi connectivity index (χ1v) is 12.9. The monoisotopic (exact) mass is 523 g/mol. The Balaban J connectivity index is 1.50. The summed E-state index contributed by atoms with van der Waals surface area (Å²) < 4.78 is 6.91. The topological polar surface area (TPSA) is 137 Å². The number of pyridine rings is 1. The lowest BCUT2D eigenvalue weighted by Crippen LogP contribution is -2.29. The van der Waals surface area contributed by atoms with Crippen molar-refractivity contribution in [3.63, 3.8) is 0 Å². The molecule has 1 N–H and O–H groups in total. The normalized spacial score (nSPS) is 11.1. The van der Waals surface area contributed by atoms with Gasteiger partial charge >= 0.3 is 0 Å². The highest BCUT2D eigenvalue weighted by molar-refractivity contribution is 5.78. The molecule has 5 rings (SSSR count). The minimum absolute atomic E-state index is 0.177. The number of aryl methyl sites for hydroxylation is 2. The maximum absolute atomic E-state index is 13.8. The van der Waals surface area contributed by atoms with Crippen LogP contribution in [-0.4, -0.2) is 51.7 Å². The van der Waals surface area contributed by atoms with E-state index in [0.717, 1.165) is 47.3 Å². The van der Waals surface area contributed by atoms with Gasteiger partial charge in [-0.15, -0.1) is 10.2 Å². The molecule has 0 aliphatic heterocycles. The number of rotatable bonds is 10. The Labute approximate surface area is 225 Å². The summed E-state index contributed by atoms with van der Waals surface area (Å²) in [5, 5.41) is 14.4. The lowest BCUT2D eigenvalue weighted by molar-refractivity contribution is 0.337. The molecule has 0 radical (unpaired) electrons. The molecule has 4 heterocycles. The van der Waals surface area contributed by atoms with Gasteiger partial charge < -0.3 is 4.74 Å². The highest BCUT2D eigenvalue weighted by Crippen LogP contribution is 2.28. The van der Waals surface area contributed by atoms with E-state index in [1.54, 1.807) is 25.5 Å². The molecule has 0 unspecified atom stereocenters. The van der Waals surface area contributed by atoms with Gasteiger partial charge in [-0.25, -0.2) is 19.5 Å². The van der Waals surface area contributed by atoms with E-state index in [1.165, 1.54) is 4.57 Å². The minimum atomic E-state index is -0.177. The molecule has 0 aliphatic carbocycles. The van der Waals surface area contributed by atoms with Gasteiger partial charge in [0, 0.05) is 29.3 Å². The average Bonchev–Trinajstić information content (AvgIpc) is 3.50. The molecular formula is C28H29N9O2. The van der Waals surface area contributed by atoms with Crippen LogP contribution in [0.3, 0.4) is 0 Å². The first-order chi connectivity index (χ1) is 19.1. The Morgan fingerprint density at radius 3 is 2.44 bits per heavy atom. The van der Waals surface area contributed by atoms with Gasteiger partial charge in [-0.1, -0.05) is 43.7 Å². The van der Waals surface area contributed by atoms with Gasteiger partial charge in [0.2, 0.25) is 11.8 Å².